The van der Waals surface area contributed by atoms with Crippen molar-refractivity contribution in [2.24, 2.45) is 0 Å². The number of likely N-dealkylation sites (N-methyl/N-ethyl adjacent to an activating group) is 2. The molecule has 1 aromatic rings. The molecule has 134 valence electrons. The van der Waals surface area contributed by atoms with Gasteiger partial charge in [-0.15, -0.1) is 0 Å². The van der Waals surface area contributed by atoms with Crippen LogP contribution >= 0.6 is 0 Å². The summed E-state index contributed by atoms with van der Waals surface area (Å²) in [5.41, 5.74) is 0.930. The standard InChI is InChI=1S/C18H28FN3O2/c1-14(15-5-7-16(19)8-6-15)21(4)18(23)13-22-9-10-24-17(12-22)11-20(2)3/h5-8,14,17H,9-13H2,1-4H3/t14-,17-/m0/s1. The van der Waals surface area contributed by atoms with E-state index < -0.39 is 0 Å². The smallest absolute Gasteiger partial charge is 0.236 e. The summed E-state index contributed by atoms with van der Waals surface area (Å²) in [5.74, 6) is -0.197. The van der Waals surface area contributed by atoms with Crippen molar-refractivity contribution in [1.29, 1.82) is 0 Å². The van der Waals surface area contributed by atoms with E-state index in [1.165, 1.54) is 12.1 Å². The Morgan fingerprint density at radius 2 is 2.00 bits per heavy atom. The van der Waals surface area contributed by atoms with Crippen molar-refractivity contribution < 1.29 is 13.9 Å². The number of carbonyl (C=O) groups is 1. The molecule has 1 fully saturated rings. The molecule has 0 aliphatic carbocycles. The molecule has 24 heavy (non-hydrogen) atoms. The number of hydrogen-bond acceptors (Lipinski definition) is 4. The van der Waals surface area contributed by atoms with E-state index >= 15 is 0 Å². The predicted octanol–water partition coefficient (Wildman–Crippen LogP) is 1.61. The average molecular weight is 337 g/mol. The van der Waals surface area contributed by atoms with Gasteiger partial charge < -0.3 is 14.5 Å². The van der Waals surface area contributed by atoms with Crippen molar-refractivity contribution in [2.75, 3.05) is 53.9 Å². The van der Waals surface area contributed by atoms with E-state index in [4.69, 9.17) is 4.74 Å². The van der Waals surface area contributed by atoms with E-state index in [2.05, 4.69) is 9.80 Å². The highest BCUT2D eigenvalue weighted by Crippen LogP contribution is 2.19. The molecule has 1 aliphatic rings. The zero-order valence-corrected chi connectivity index (χ0v) is 15.0. The molecule has 0 N–H and O–H groups in total. The van der Waals surface area contributed by atoms with E-state index in [9.17, 15) is 9.18 Å². The van der Waals surface area contributed by atoms with E-state index in [0.29, 0.717) is 13.2 Å². The fourth-order valence-electron chi connectivity index (χ4n) is 2.93. The molecule has 0 unspecified atom stereocenters. The Labute approximate surface area is 144 Å². The van der Waals surface area contributed by atoms with Gasteiger partial charge >= 0.3 is 0 Å². The maximum absolute atomic E-state index is 13.0. The first kappa shape index (κ1) is 18.8. The fraction of sp³-hybridized carbons (Fsp3) is 0.611. The SMILES string of the molecule is C[C@@H](c1ccc(F)cc1)N(C)C(=O)CN1CCO[C@@H](CN(C)C)C1. The minimum absolute atomic E-state index is 0.0670. The quantitative estimate of drug-likeness (QED) is 0.790. The lowest BCUT2D eigenvalue weighted by Crippen LogP contribution is -2.49. The molecular formula is C18H28FN3O2. The topological polar surface area (TPSA) is 36.0 Å². The molecule has 0 saturated carbocycles. The van der Waals surface area contributed by atoms with Gasteiger partial charge in [0.05, 0.1) is 25.3 Å². The number of rotatable bonds is 6. The Kier molecular flexibility index (Phi) is 6.71. The van der Waals surface area contributed by atoms with Crippen LogP contribution in [0.3, 0.4) is 0 Å². The summed E-state index contributed by atoms with van der Waals surface area (Å²) >= 11 is 0. The van der Waals surface area contributed by atoms with Gasteiger partial charge in [-0.05, 0) is 38.7 Å². The van der Waals surface area contributed by atoms with Crippen LogP contribution in [0.1, 0.15) is 18.5 Å². The molecule has 0 spiro atoms. The molecule has 2 rings (SSSR count). The lowest BCUT2D eigenvalue weighted by Gasteiger charge is -2.35. The van der Waals surface area contributed by atoms with Crippen LogP contribution < -0.4 is 0 Å². The highest BCUT2D eigenvalue weighted by atomic mass is 19.1. The number of nitrogens with zero attached hydrogens (tertiary/aromatic N) is 3. The fourth-order valence-corrected chi connectivity index (χ4v) is 2.93. The molecule has 1 aromatic carbocycles. The van der Waals surface area contributed by atoms with Crippen LogP contribution in [0, 0.1) is 5.82 Å². The van der Waals surface area contributed by atoms with Gasteiger partial charge in [0.25, 0.3) is 0 Å². The van der Waals surface area contributed by atoms with Crippen molar-refractivity contribution in [2.45, 2.75) is 19.1 Å². The number of halogens is 1. The van der Waals surface area contributed by atoms with Crippen molar-refractivity contribution in [3.8, 4) is 0 Å². The van der Waals surface area contributed by atoms with E-state index in [-0.39, 0.29) is 23.9 Å². The Morgan fingerprint density at radius 3 is 2.62 bits per heavy atom. The molecule has 0 bridgehead atoms. The number of hydrogen-bond donors (Lipinski definition) is 0. The normalized spacial score (nSPS) is 20.2. The van der Waals surface area contributed by atoms with Crippen LogP contribution in [-0.2, 0) is 9.53 Å². The van der Waals surface area contributed by atoms with Crippen molar-refractivity contribution in [3.63, 3.8) is 0 Å². The number of carbonyl (C=O) groups excluding carboxylic acids is 1. The van der Waals surface area contributed by atoms with E-state index in [1.54, 1.807) is 24.1 Å². The van der Waals surface area contributed by atoms with E-state index in [1.807, 2.05) is 21.0 Å². The Balaban J connectivity index is 1.89. The lowest BCUT2D eigenvalue weighted by molar-refractivity contribution is -0.135. The van der Waals surface area contributed by atoms with Gasteiger partial charge in [0.1, 0.15) is 5.82 Å². The van der Waals surface area contributed by atoms with Crippen LogP contribution in [0.4, 0.5) is 4.39 Å². The molecule has 2 atom stereocenters. The second-order valence-corrected chi connectivity index (χ2v) is 6.72. The predicted molar refractivity (Wildman–Crippen MR) is 92.3 cm³/mol. The largest absolute Gasteiger partial charge is 0.374 e. The molecule has 6 heteroatoms. The number of morpholine rings is 1. The van der Waals surface area contributed by atoms with Crippen molar-refractivity contribution >= 4 is 5.91 Å². The van der Waals surface area contributed by atoms with Crippen molar-refractivity contribution in [3.05, 3.63) is 35.6 Å². The van der Waals surface area contributed by atoms with Gasteiger partial charge in [0.2, 0.25) is 5.91 Å². The third-order valence-electron chi connectivity index (χ3n) is 4.48. The number of ether oxygens (including phenoxy) is 1. The molecule has 5 nitrogen and oxygen atoms in total. The second kappa shape index (κ2) is 8.55. The first-order valence-electron chi connectivity index (χ1n) is 8.36. The Bertz CT molecular complexity index is 536. The zero-order chi connectivity index (χ0) is 17.7. The molecule has 1 heterocycles. The van der Waals surface area contributed by atoms with Gasteiger partial charge in [-0.2, -0.15) is 0 Å². The van der Waals surface area contributed by atoms with Gasteiger partial charge in [0, 0.05) is 26.7 Å². The summed E-state index contributed by atoms with van der Waals surface area (Å²) in [4.78, 5) is 18.5. The summed E-state index contributed by atoms with van der Waals surface area (Å²) in [6, 6.07) is 6.23. The molecule has 0 radical (unpaired) electrons. The van der Waals surface area contributed by atoms with Gasteiger partial charge in [-0.25, -0.2) is 4.39 Å². The highest BCUT2D eigenvalue weighted by molar-refractivity contribution is 5.78. The zero-order valence-electron chi connectivity index (χ0n) is 15.0. The summed E-state index contributed by atoms with van der Waals surface area (Å²) in [5, 5.41) is 0. The van der Waals surface area contributed by atoms with Crippen LogP contribution in [-0.4, -0.2) is 80.6 Å². The molecule has 1 saturated heterocycles. The minimum atomic E-state index is -0.264. The lowest BCUT2D eigenvalue weighted by atomic mass is 10.1. The monoisotopic (exact) mass is 337 g/mol. The number of benzene rings is 1. The molecule has 1 aliphatic heterocycles. The summed E-state index contributed by atoms with van der Waals surface area (Å²) in [7, 11) is 5.84. The van der Waals surface area contributed by atoms with Crippen LogP contribution in [0.2, 0.25) is 0 Å². The molecule has 1 amide bonds. The third-order valence-corrected chi connectivity index (χ3v) is 4.48. The maximum Gasteiger partial charge on any atom is 0.236 e. The summed E-state index contributed by atoms with van der Waals surface area (Å²) in [6.07, 6.45) is 0.140. The van der Waals surface area contributed by atoms with Crippen LogP contribution in [0.15, 0.2) is 24.3 Å². The Morgan fingerprint density at radius 1 is 1.33 bits per heavy atom. The second-order valence-electron chi connectivity index (χ2n) is 6.72. The third kappa shape index (κ3) is 5.26. The van der Waals surface area contributed by atoms with Crippen molar-refractivity contribution in [1.82, 2.24) is 14.7 Å². The first-order chi connectivity index (χ1) is 11.4. The van der Waals surface area contributed by atoms with Gasteiger partial charge in [-0.3, -0.25) is 9.69 Å². The van der Waals surface area contributed by atoms with Gasteiger partial charge in [-0.1, -0.05) is 12.1 Å². The number of amides is 1. The average Bonchev–Trinajstić information content (AvgIpc) is 2.54. The van der Waals surface area contributed by atoms with Gasteiger partial charge in [0.15, 0.2) is 0 Å². The van der Waals surface area contributed by atoms with Crippen LogP contribution in [0.5, 0.6) is 0 Å². The van der Waals surface area contributed by atoms with Crippen LogP contribution in [0.25, 0.3) is 0 Å². The minimum Gasteiger partial charge on any atom is -0.374 e. The molecule has 0 aromatic heterocycles. The first-order valence-corrected chi connectivity index (χ1v) is 8.36. The van der Waals surface area contributed by atoms with E-state index in [0.717, 1.165) is 25.2 Å². The maximum atomic E-state index is 13.0. The summed E-state index contributed by atoms with van der Waals surface area (Å²) < 4.78 is 18.8. The summed E-state index contributed by atoms with van der Waals surface area (Å²) in [6.45, 7) is 5.39. The Hall–Kier alpha value is -1.50. The molecular weight excluding hydrogens is 309 g/mol. The highest BCUT2D eigenvalue weighted by Gasteiger charge is 2.25.